The number of rotatable bonds is 6. The summed E-state index contributed by atoms with van der Waals surface area (Å²) in [6, 6.07) is 0.176. The second-order valence-corrected chi connectivity index (χ2v) is 5.12. The number of carbonyl (C=O) groups excluding carboxylic acids is 1. The van der Waals surface area contributed by atoms with Crippen molar-refractivity contribution < 1.29 is 18.0 Å². The standard InChI is InChI=1S/C11H17BrF3NO/c12-7-2-8-16(9-3-1-4-9)10(17)5-6-11(13,14)15/h9H,1-8H2. The molecule has 0 aliphatic heterocycles. The smallest absolute Gasteiger partial charge is 0.340 e. The lowest BCUT2D eigenvalue weighted by Gasteiger charge is -2.37. The minimum Gasteiger partial charge on any atom is -0.340 e. The number of nitrogens with zero attached hydrogens (tertiary/aromatic N) is 1. The molecule has 1 amide bonds. The molecule has 0 atom stereocenters. The minimum atomic E-state index is -4.24. The average molecular weight is 316 g/mol. The molecule has 1 aliphatic carbocycles. The normalized spacial score (nSPS) is 16.7. The molecule has 17 heavy (non-hydrogen) atoms. The number of carbonyl (C=O) groups is 1. The van der Waals surface area contributed by atoms with Crippen LogP contribution in [0.1, 0.15) is 38.5 Å². The van der Waals surface area contributed by atoms with Crippen LogP contribution in [0, 0.1) is 0 Å². The number of hydrogen-bond acceptors (Lipinski definition) is 1. The van der Waals surface area contributed by atoms with Crippen LogP contribution < -0.4 is 0 Å². The fourth-order valence-electron chi connectivity index (χ4n) is 1.83. The van der Waals surface area contributed by atoms with Crippen LogP contribution in [0.4, 0.5) is 13.2 Å². The highest BCUT2D eigenvalue weighted by molar-refractivity contribution is 9.09. The first-order valence-corrected chi connectivity index (χ1v) is 6.98. The van der Waals surface area contributed by atoms with Gasteiger partial charge in [-0.2, -0.15) is 13.2 Å². The van der Waals surface area contributed by atoms with E-state index in [0.29, 0.717) is 6.54 Å². The average Bonchev–Trinajstić information content (AvgIpc) is 2.16. The van der Waals surface area contributed by atoms with Gasteiger partial charge in [0.2, 0.25) is 5.91 Å². The Balaban J connectivity index is 2.41. The lowest BCUT2D eigenvalue weighted by molar-refractivity contribution is -0.151. The maximum atomic E-state index is 12.1. The molecule has 0 spiro atoms. The molecule has 0 aromatic heterocycles. The number of halogens is 4. The lowest BCUT2D eigenvalue weighted by atomic mass is 9.91. The highest BCUT2D eigenvalue weighted by Crippen LogP contribution is 2.27. The van der Waals surface area contributed by atoms with Crippen LogP contribution in [0.25, 0.3) is 0 Å². The molecule has 0 aromatic rings. The first-order chi connectivity index (χ1) is 7.94. The van der Waals surface area contributed by atoms with E-state index in [1.165, 1.54) is 0 Å². The molecule has 2 nitrogen and oxygen atoms in total. The zero-order chi connectivity index (χ0) is 12.9. The Morgan fingerprint density at radius 3 is 2.41 bits per heavy atom. The number of amides is 1. The van der Waals surface area contributed by atoms with Crippen LogP contribution in [0.3, 0.4) is 0 Å². The molecular weight excluding hydrogens is 299 g/mol. The van der Waals surface area contributed by atoms with Crippen LogP contribution in [0.5, 0.6) is 0 Å². The molecule has 0 heterocycles. The van der Waals surface area contributed by atoms with Crippen LogP contribution in [0.15, 0.2) is 0 Å². The first kappa shape index (κ1) is 14.8. The molecule has 1 rings (SSSR count). The molecule has 0 aromatic carbocycles. The Morgan fingerprint density at radius 2 is 2.00 bits per heavy atom. The molecule has 0 bridgehead atoms. The van der Waals surface area contributed by atoms with E-state index >= 15 is 0 Å². The zero-order valence-electron chi connectivity index (χ0n) is 9.60. The molecule has 0 N–H and O–H groups in total. The summed E-state index contributed by atoms with van der Waals surface area (Å²) in [5.74, 6) is -0.354. The van der Waals surface area contributed by atoms with Crippen molar-refractivity contribution in [3.8, 4) is 0 Å². The monoisotopic (exact) mass is 315 g/mol. The van der Waals surface area contributed by atoms with E-state index in [0.717, 1.165) is 31.0 Å². The van der Waals surface area contributed by atoms with Gasteiger partial charge in [-0.25, -0.2) is 0 Å². The summed E-state index contributed by atoms with van der Waals surface area (Å²) in [6.45, 7) is 0.562. The summed E-state index contributed by atoms with van der Waals surface area (Å²) in [7, 11) is 0. The lowest BCUT2D eigenvalue weighted by Crippen LogP contribution is -2.45. The summed E-state index contributed by atoms with van der Waals surface area (Å²) in [5.41, 5.74) is 0. The van der Waals surface area contributed by atoms with Crippen molar-refractivity contribution in [1.29, 1.82) is 0 Å². The van der Waals surface area contributed by atoms with Gasteiger partial charge in [-0.3, -0.25) is 4.79 Å². The van der Waals surface area contributed by atoms with Crippen molar-refractivity contribution >= 4 is 21.8 Å². The fraction of sp³-hybridized carbons (Fsp3) is 0.909. The van der Waals surface area contributed by atoms with Gasteiger partial charge in [-0.05, 0) is 25.7 Å². The summed E-state index contributed by atoms with van der Waals surface area (Å²) in [6.07, 6.45) is -1.95. The second kappa shape index (κ2) is 6.61. The number of alkyl halides is 4. The summed E-state index contributed by atoms with van der Waals surface area (Å²) in [4.78, 5) is 13.4. The van der Waals surface area contributed by atoms with Crippen molar-refractivity contribution in [3.63, 3.8) is 0 Å². The van der Waals surface area contributed by atoms with Crippen molar-refractivity contribution in [1.82, 2.24) is 4.90 Å². The van der Waals surface area contributed by atoms with Crippen LogP contribution in [-0.4, -0.2) is 34.9 Å². The molecule has 0 unspecified atom stereocenters. The van der Waals surface area contributed by atoms with Gasteiger partial charge in [-0.15, -0.1) is 0 Å². The van der Waals surface area contributed by atoms with Gasteiger partial charge in [0, 0.05) is 24.3 Å². The Morgan fingerprint density at radius 1 is 1.35 bits per heavy atom. The first-order valence-electron chi connectivity index (χ1n) is 5.86. The van der Waals surface area contributed by atoms with Gasteiger partial charge >= 0.3 is 6.18 Å². The van der Waals surface area contributed by atoms with Gasteiger partial charge in [-0.1, -0.05) is 15.9 Å². The largest absolute Gasteiger partial charge is 0.389 e. The predicted octanol–water partition coefficient (Wildman–Crippen LogP) is 3.50. The van der Waals surface area contributed by atoms with Gasteiger partial charge in [0.25, 0.3) is 0 Å². The predicted molar refractivity (Wildman–Crippen MR) is 63.1 cm³/mol. The maximum Gasteiger partial charge on any atom is 0.389 e. The Bertz CT molecular complexity index is 254. The maximum absolute atomic E-state index is 12.1. The molecular formula is C11H17BrF3NO. The summed E-state index contributed by atoms with van der Waals surface area (Å²) >= 11 is 3.27. The zero-order valence-corrected chi connectivity index (χ0v) is 11.2. The van der Waals surface area contributed by atoms with Crippen molar-refractivity contribution in [2.24, 2.45) is 0 Å². The third-order valence-electron chi connectivity index (χ3n) is 2.99. The van der Waals surface area contributed by atoms with E-state index in [2.05, 4.69) is 15.9 Å². The quantitative estimate of drug-likeness (QED) is 0.687. The van der Waals surface area contributed by atoms with Gasteiger partial charge in [0.1, 0.15) is 0 Å². The molecule has 0 radical (unpaired) electrons. The molecule has 1 fully saturated rings. The van der Waals surface area contributed by atoms with E-state index in [4.69, 9.17) is 0 Å². The van der Waals surface area contributed by atoms with Gasteiger partial charge < -0.3 is 4.90 Å². The summed E-state index contributed by atoms with van der Waals surface area (Å²) in [5, 5.41) is 0.767. The van der Waals surface area contributed by atoms with E-state index in [1.54, 1.807) is 4.90 Å². The van der Waals surface area contributed by atoms with Crippen LogP contribution in [0.2, 0.25) is 0 Å². The van der Waals surface area contributed by atoms with E-state index in [-0.39, 0.29) is 11.9 Å². The highest BCUT2D eigenvalue weighted by atomic mass is 79.9. The third-order valence-corrected chi connectivity index (χ3v) is 3.55. The minimum absolute atomic E-state index is 0.176. The molecule has 1 saturated carbocycles. The van der Waals surface area contributed by atoms with Gasteiger partial charge in [0.05, 0.1) is 6.42 Å². The topological polar surface area (TPSA) is 20.3 Å². The van der Waals surface area contributed by atoms with Crippen molar-refractivity contribution in [2.45, 2.75) is 50.7 Å². The van der Waals surface area contributed by atoms with Crippen molar-refractivity contribution in [3.05, 3.63) is 0 Å². The molecule has 0 saturated heterocycles. The van der Waals surface area contributed by atoms with Gasteiger partial charge in [0.15, 0.2) is 0 Å². The Kier molecular flexibility index (Phi) is 5.76. The number of hydrogen-bond donors (Lipinski definition) is 0. The molecule has 1 aliphatic rings. The Hall–Kier alpha value is -0.260. The van der Waals surface area contributed by atoms with E-state index < -0.39 is 19.0 Å². The van der Waals surface area contributed by atoms with E-state index in [9.17, 15) is 18.0 Å². The Labute approximate surface area is 108 Å². The highest BCUT2D eigenvalue weighted by Gasteiger charge is 2.32. The van der Waals surface area contributed by atoms with Crippen LogP contribution >= 0.6 is 15.9 Å². The third kappa shape index (κ3) is 5.27. The molecule has 100 valence electrons. The van der Waals surface area contributed by atoms with Crippen molar-refractivity contribution in [2.75, 3.05) is 11.9 Å². The SMILES string of the molecule is O=C(CCC(F)(F)F)N(CCCBr)C1CCC1. The molecule has 6 heteroatoms. The fourth-order valence-corrected chi connectivity index (χ4v) is 2.08. The summed E-state index contributed by atoms with van der Waals surface area (Å²) < 4.78 is 36.2. The second-order valence-electron chi connectivity index (χ2n) is 4.33. The van der Waals surface area contributed by atoms with Crippen LogP contribution in [-0.2, 0) is 4.79 Å². The van der Waals surface area contributed by atoms with E-state index in [1.807, 2.05) is 0 Å².